The highest BCUT2D eigenvalue weighted by molar-refractivity contribution is 9.10. The standard InChI is InChI=1S/C8H8BrFN2O5S/c1-2-17-11-18(15,16)7-4-5(12(13)14)3-6(9)8(7)10/h3-4,11H,2H2,1H3. The van der Waals surface area contributed by atoms with Crippen LogP contribution in [-0.4, -0.2) is 19.9 Å². The molecule has 18 heavy (non-hydrogen) atoms. The number of non-ortho nitro benzene ring substituents is 1. The van der Waals surface area contributed by atoms with Gasteiger partial charge in [0, 0.05) is 12.1 Å². The molecule has 0 fully saturated rings. The largest absolute Gasteiger partial charge is 0.287 e. The van der Waals surface area contributed by atoms with Crippen molar-refractivity contribution in [2.24, 2.45) is 0 Å². The van der Waals surface area contributed by atoms with Crippen molar-refractivity contribution in [3.8, 4) is 0 Å². The molecule has 100 valence electrons. The molecule has 0 radical (unpaired) electrons. The van der Waals surface area contributed by atoms with Gasteiger partial charge in [0.2, 0.25) is 0 Å². The molecule has 0 amide bonds. The van der Waals surface area contributed by atoms with Crippen molar-refractivity contribution in [3.05, 3.63) is 32.5 Å². The van der Waals surface area contributed by atoms with Gasteiger partial charge in [-0.05, 0) is 22.9 Å². The lowest BCUT2D eigenvalue weighted by atomic mass is 10.3. The lowest BCUT2D eigenvalue weighted by Gasteiger charge is -2.07. The number of sulfonamides is 1. The van der Waals surface area contributed by atoms with Crippen LogP contribution >= 0.6 is 15.9 Å². The van der Waals surface area contributed by atoms with E-state index in [4.69, 9.17) is 0 Å². The second-order valence-electron chi connectivity index (χ2n) is 3.02. The van der Waals surface area contributed by atoms with Crippen molar-refractivity contribution < 1.29 is 22.6 Å². The third-order valence-corrected chi connectivity index (χ3v) is 3.58. The summed E-state index contributed by atoms with van der Waals surface area (Å²) in [6, 6.07) is 1.48. The molecule has 10 heteroatoms. The summed E-state index contributed by atoms with van der Waals surface area (Å²) in [5.41, 5.74) is -0.555. The van der Waals surface area contributed by atoms with Crippen molar-refractivity contribution in [1.82, 2.24) is 4.89 Å². The van der Waals surface area contributed by atoms with Crippen LogP contribution in [0, 0.1) is 15.9 Å². The molecule has 0 atom stereocenters. The first kappa shape index (κ1) is 15.0. The predicted octanol–water partition coefficient (Wildman–Crippen LogP) is 1.73. The molecule has 0 aromatic heterocycles. The van der Waals surface area contributed by atoms with Crippen LogP contribution < -0.4 is 4.89 Å². The van der Waals surface area contributed by atoms with Gasteiger partial charge in [-0.1, -0.05) is 4.89 Å². The molecule has 0 aliphatic heterocycles. The first-order valence-corrected chi connectivity index (χ1v) is 6.84. The Hall–Kier alpha value is -1.10. The minimum absolute atomic E-state index is 0.0247. The zero-order valence-electron chi connectivity index (χ0n) is 9.01. The zero-order valence-corrected chi connectivity index (χ0v) is 11.4. The van der Waals surface area contributed by atoms with Crippen LogP contribution in [0.3, 0.4) is 0 Å². The summed E-state index contributed by atoms with van der Waals surface area (Å²) in [6.45, 7) is 1.54. The molecule has 1 N–H and O–H groups in total. The van der Waals surface area contributed by atoms with E-state index in [-0.39, 0.29) is 11.1 Å². The van der Waals surface area contributed by atoms with Crippen molar-refractivity contribution in [3.63, 3.8) is 0 Å². The molecule has 0 heterocycles. The quantitative estimate of drug-likeness (QED) is 0.648. The van der Waals surface area contributed by atoms with Crippen LogP contribution in [0.15, 0.2) is 21.5 Å². The Morgan fingerprint density at radius 3 is 2.67 bits per heavy atom. The maximum atomic E-state index is 13.6. The van der Waals surface area contributed by atoms with Crippen LogP contribution in [0.25, 0.3) is 0 Å². The topological polar surface area (TPSA) is 98.5 Å². The van der Waals surface area contributed by atoms with Gasteiger partial charge < -0.3 is 0 Å². The van der Waals surface area contributed by atoms with Crippen LogP contribution in [0.5, 0.6) is 0 Å². The molecule has 0 aliphatic carbocycles. The zero-order chi connectivity index (χ0) is 13.9. The normalized spacial score (nSPS) is 11.5. The predicted molar refractivity (Wildman–Crippen MR) is 62.7 cm³/mol. The van der Waals surface area contributed by atoms with Gasteiger partial charge in [0.1, 0.15) is 4.90 Å². The number of halogens is 2. The number of benzene rings is 1. The van der Waals surface area contributed by atoms with Crippen LogP contribution in [0.1, 0.15) is 6.92 Å². The smallest absolute Gasteiger partial charge is 0.272 e. The number of nitro benzene ring substituents is 1. The molecular formula is C8H8BrFN2O5S. The fraction of sp³-hybridized carbons (Fsp3) is 0.250. The Balaban J connectivity index is 3.35. The Bertz CT molecular complexity index is 577. The van der Waals surface area contributed by atoms with Gasteiger partial charge in [0.25, 0.3) is 15.7 Å². The molecule has 0 aliphatic rings. The second kappa shape index (κ2) is 5.69. The Morgan fingerprint density at radius 1 is 1.56 bits per heavy atom. The third kappa shape index (κ3) is 3.22. The number of nitrogens with one attached hydrogen (secondary N) is 1. The van der Waals surface area contributed by atoms with E-state index < -0.39 is 31.3 Å². The highest BCUT2D eigenvalue weighted by Crippen LogP contribution is 2.28. The molecule has 1 rings (SSSR count). The third-order valence-electron chi connectivity index (χ3n) is 1.79. The number of hydrogen-bond donors (Lipinski definition) is 1. The summed E-state index contributed by atoms with van der Waals surface area (Å²) >= 11 is 2.71. The lowest BCUT2D eigenvalue weighted by Crippen LogP contribution is -2.25. The van der Waals surface area contributed by atoms with Crippen molar-refractivity contribution in [2.45, 2.75) is 11.8 Å². The minimum Gasteiger partial charge on any atom is -0.287 e. The summed E-state index contributed by atoms with van der Waals surface area (Å²) in [7, 11) is -4.31. The molecular weight excluding hydrogens is 335 g/mol. The average molecular weight is 343 g/mol. The van der Waals surface area contributed by atoms with Gasteiger partial charge in [0.05, 0.1) is 16.0 Å². The Kier molecular flexibility index (Phi) is 4.73. The highest BCUT2D eigenvalue weighted by atomic mass is 79.9. The maximum Gasteiger partial charge on any atom is 0.272 e. The monoisotopic (exact) mass is 342 g/mol. The minimum atomic E-state index is -4.31. The van der Waals surface area contributed by atoms with Crippen molar-refractivity contribution in [2.75, 3.05) is 6.61 Å². The lowest BCUT2D eigenvalue weighted by molar-refractivity contribution is -0.385. The number of nitrogens with zero attached hydrogens (tertiary/aromatic N) is 1. The van der Waals surface area contributed by atoms with Crippen molar-refractivity contribution in [1.29, 1.82) is 0 Å². The van der Waals surface area contributed by atoms with Gasteiger partial charge in [-0.2, -0.15) is 0 Å². The van der Waals surface area contributed by atoms with E-state index in [1.165, 1.54) is 6.92 Å². The molecule has 0 saturated carbocycles. The highest BCUT2D eigenvalue weighted by Gasteiger charge is 2.25. The number of rotatable bonds is 5. The number of nitro groups is 1. The molecule has 0 bridgehead atoms. The van der Waals surface area contributed by atoms with Gasteiger partial charge in [-0.15, -0.1) is 0 Å². The van der Waals surface area contributed by atoms with Crippen molar-refractivity contribution >= 4 is 31.6 Å². The van der Waals surface area contributed by atoms with E-state index in [1.54, 1.807) is 4.89 Å². The summed E-state index contributed by atoms with van der Waals surface area (Å²) in [5.74, 6) is -1.13. The van der Waals surface area contributed by atoms with Crippen LogP contribution in [-0.2, 0) is 14.9 Å². The van der Waals surface area contributed by atoms with Gasteiger partial charge >= 0.3 is 0 Å². The number of hydrogen-bond acceptors (Lipinski definition) is 5. The average Bonchev–Trinajstić information content (AvgIpc) is 2.29. The van der Waals surface area contributed by atoms with Crippen LogP contribution in [0.2, 0.25) is 0 Å². The summed E-state index contributed by atoms with van der Waals surface area (Å²) in [6.07, 6.45) is 0. The first-order chi connectivity index (χ1) is 8.29. The maximum absolute atomic E-state index is 13.6. The summed E-state index contributed by atoms with van der Waals surface area (Å²) < 4.78 is 36.5. The van der Waals surface area contributed by atoms with Gasteiger partial charge in [-0.25, -0.2) is 12.8 Å². The van der Waals surface area contributed by atoms with Gasteiger partial charge in [0.15, 0.2) is 5.82 Å². The van der Waals surface area contributed by atoms with E-state index in [0.717, 1.165) is 6.07 Å². The Morgan fingerprint density at radius 2 is 2.17 bits per heavy atom. The molecule has 1 aromatic carbocycles. The van der Waals surface area contributed by atoms with E-state index in [9.17, 15) is 22.9 Å². The summed E-state index contributed by atoms with van der Waals surface area (Å²) in [5, 5.41) is 10.6. The molecule has 0 saturated heterocycles. The van der Waals surface area contributed by atoms with E-state index >= 15 is 0 Å². The summed E-state index contributed by atoms with van der Waals surface area (Å²) in [4.78, 5) is 15.0. The van der Waals surface area contributed by atoms with E-state index in [1.807, 2.05) is 0 Å². The molecule has 0 spiro atoms. The second-order valence-corrected chi connectivity index (χ2v) is 5.48. The fourth-order valence-electron chi connectivity index (χ4n) is 1.03. The van der Waals surface area contributed by atoms with E-state index in [2.05, 4.69) is 20.8 Å². The van der Waals surface area contributed by atoms with Gasteiger partial charge in [-0.3, -0.25) is 15.0 Å². The molecule has 1 aromatic rings. The van der Waals surface area contributed by atoms with Crippen LogP contribution in [0.4, 0.5) is 10.1 Å². The fourth-order valence-corrected chi connectivity index (χ4v) is 2.60. The molecule has 7 nitrogen and oxygen atoms in total. The molecule has 0 unspecified atom stereocenters. The van der Waals surface area contributed by atoms with E-state index in [0.29, 0.717) is 6.07 Å². The first-order valence-electron chi connectivity index (χ1n) is 4.56. The Labute approximate surface area is 110 Å². The SMILES string of the molecule is CCONS(=O)(=O)c1cc([N+](=O)[O-])cc(Br)c1F.